The molecule has 1 aliphatic rings. The summed E-state index contributed by atoms with van der Waals surface area (Å²) in [5.74, 6) is -1.69. The van der Waals surface area contributed by atoms with Crippen LogP contribution in [0.15, 0.2) is 60.3 Å². The molecule has 0 spiro atoms. The van der Waals surface area contributed by atoms with Crippen LogP contribution in [0.4, 0.5) is 10.5 Å². The Balaban J connectivity index is 1.83. The van der Waals surface area contributed by atoms with Gasteiger partial charge >= 0.3 is 6.03 Å². The smallest absolute Gasteiger partial charge is 0.287 e. The summed E-state index contributed by atoms with van der Waals surface area (Å²) in [7, 11) is 0. The number of urea groups is 1. The molecule has 7 heteroatoms. The minimum atomic E-state index is -0.799. The van der Waals surface area contributed by atoms with Crippen LogP contribution < -0.4 is 10.2 Å². The van der Waals surface area contributed by atoms with Gasteiger partial charge in [-0.05, 0) is 31.2 Å². The Labute approximate surface area is 166 Å². The third-order valence-electron chi connectivity index (χ3n) is 4.78. The fraction of sp³-hybridized carbons (Fsp3) is 0.0909. The Hall–Kier alpha value is -4.00. The van der Waals surface area contributed by atoms with Crippen molar-refractivity contribution in [1.82, 2.24) is 9.88 Å². The summed E-state index contributed by atoms with van der Waals surface area (Å²) in [5.41, 5.74) is 2.36. The number of hydrogen-bond acceptors (Lipinski definition) is 4. The molecule has 0 unspecified atom stereocenters. The van der Waals surface area contributed by atoms with Gasteiger partial charge in [0.1, 0.15) is 5.57 Å². The van der Waals surface area contributed by atoms with E-state index in [-0.39, 0.29) is 11.5 Å². The number of carbonyl (C=O) groups is 4. The summed E-state index contributed by atoms with van der Waals surface area (Å²) >= 11 is 0. The minimum absolute atomic E-state index is 0.184. The van der Waals surface area contributed by atoms with Crippen molar-refractivity contribution in [2.45, 2.75) is 13.8 Å². The molecule has 0 bridgehead atoms. The Kier molecular flexibility index (Phi) is 4.35. The SMILES string of the molecule is CC(=O)n1cc(/C=C2/C(=O)NC(=O)N(c3ccc(C)cc3)C2=O)c2ccccc21. The van der Waals surface area contributed by atoms with Crippen LogP contribution >= 0.6 is 0 Å². The Morgan fingerprint density at radius 2 is 1.69 bits per heavy atom. The molecule has 2 heterocycles. The van der Waals surface area contributed by atoms with Crippen LogP contribution in [0.3, 0.4) is 0 Å². The second-order valence-electron chi connectivity index (χ2n) is 6.78. The maximum Gasteiger partial charge on any atom is 0.335 e. The van der Waals surface area contributed by atoms with E-state index in [1.54, 1.807) is 54.7 Å². The van der Waals surface area contributed by atoms with E-state index in [4.69, 9.17) is 0 Å². The lowest BCUT2D eigenvalue weighted by Gasteiger charge is -2.26. The molecule has 29 heavy (non-hydrogen) atoms. The third kappa shape index (κ3) is 3.12. The minimum Gasteiger partial charge on any atom is -0.287 e. The Morgan fingerprint density at radius 1 is 1.00 bits per heavy atom. The molecule has 2 aromatic carbocycles. The standard InChI is InChI=1S/C22H17N3O4/c1-13-7-9-16(10-8-13)25-21(28)18(20(27)23-22(25)29)11-15-12-24(14(2)26)19-6-4-3-5-17(15)19/h3-12H,1-2H3,(H,23,27,29)/b18-11-. The van der Waals surface area contributed by atoms with Crippen LogP contribution in [-0.4, -0.2) is 28.3 Å². The number of para-hydroxylation sites is 1. The van der Waals surface area contributed by atoms with Crippen molar-refractivity contribution in [2.24, 2.45) is 0 Å². The first-order chi connectivity index (χ1) is 13.9. The molecule has 0 saturated carbocycles. The zero-order valence-corrected chi connectivity index (χ0v) is 15.8. The van der Waals surface area contributed by atoms with Gasteiger partial charge in [-0.2, -0.15) is 0 Å². The molecule has 144 valence electrons. The highest BCUT2D eigenvalue weighted by molar-refractivity contribution is 6.39. The maximum absolute atomic E-state index is 13.0. The lowest BCUT2D eigenvalue weighted by atomic mass is 10.1. The molecule has 1 fully saturated rings. The molecular weight excluding hydrogens is 370 g/mol. The van der Waals surface area contributed by atoms with Gasteiger partial charge in [0.25, 0.3) is 11.8 Å². The fourth-order valence-electron chi connectivity index (χ4n) is 3.32. The van der Waals surface area contributed by atoms with E-state index in [9.17, 15) is 19.2 Å². The van der Waals surface area contributed by atoms with Gasteiger partial charge in [-0.15, -0.1) is 0 Å². The number of carbonyl (C=O) groups excluding carboxylic acids is 4. The van der Waals surface area contributed by atoms with Gasteiger partial charge in [0, 0.05) is 24.1 Å². The maximum atomic E-state index is 13.0. The number of nitrogens with one attached hydrogen (secondary N) is 1. The van der Waals surface area contributed by atoms with Crippen molar-refractivity contribution in [3.05, 3.63) is 71.4 Å². The Bertz CT molecular complexity index is 1220. The van der Waals surface area contributed by atoms with Crippen LogP contribution in [0, 0.1) is 6.92 Å². The quantitative estimate of drug-likeness (QED) is 0.540. The first-order valence-corrected chi connectivity index (χ1v) is 8.96. The monoisotopic (exact) mass is 387 g/mol. The second kappa shape index (κ2) is 6.87. The topological polar surface area (TPSA) is 88.5 Å². The molecule has 1 N–H and O–H groups in total. The number of nitrogens with zero attached hydrogens (tertiary/aromatic N) is 2. The number of aromatic nitrogens is 1. The predicted octanol–water partition coefficient (Wildman–Crippen LogP) is 3.28. The molecule has 4 amide bonds. The largest absolute Gasteiger partial charge is 0.335 e. The number of anilines is 1. The number of aryl methyl sites for hydroxylation is 1. The number of rotatable bonds is 2. The normalized spacial score (nSPS) is 15.9. The van der Waals surface area contributed by atoms with Crippen molar-refractivity contribution < 1.29 is 19.2 Å². The van der Waals surface area contributed by atoms with E-state index >= 15 is 0 Å². The molecule has 0 aliphatic carbocycles. The summed E-state index contributed by atoms with van der Waals surface area (Å²) in [4.78, 5) is 50.6. The molecule has 0 atom stereocenters. The van der Waals surface area contributed by atoms with Crippen molar-refractivity contribution >= 4 is 46.4 Å². The van der Waals surface area contributed by atoms with Crippen LogP contribution in [-0.2, 0) is 9.59 Å². The first-order valence-electron chi connectivity index (χ1n) is 8.96. The van der Waals surface area contributed by atoms with Gasteiger partial charge in [0.2, 0.25) is 5.91 Å². The first kappa shape index (κ1) is 18.4. The second-order valence-corrected chi connectivity index (χ2v) is 6.78. The number of amides is 4. The molecule has 7 nitrogen and oxygen atoms in total. The fourth-order valence-corrected chi connectivity index (χ4v) is 3.32. The highest BCUT2D eigenvalue weighted by Gasteiger charge is 2.37. The van der Waals surface area contributed by atoms with E-state index < -0.39 is 17.8 Å². The van der Waals surface area contributed by atoms with Crippen molar-refractivity contribution in [2.75, 3.05) is 4.90 Å². The number of benzene rings is 2. The molecule has 0 radical (unpaired) electrons. The van der Waals surface area contributed by atoms with Crippen molar-refractivity contribution in [3.63, 3.8) is 0 Å². The van der Waals surface area contributed by atoms with E-state index in [1.165, 1.54) is 17.6 Å². The van der Waals surface area contributed by atoms with Gasteiger partial charge in [-0.3, -0.25) is 24.3 Å². The Morgan fingerprint density at radius 3 is 2.38 bits per heavy atom. The van der Waals surface area contributed by atoms with Crippen LogP contribution in [0.2, 0.25) is 0 Å². The van der Waals surface area contributed by atoms with Gasteiger partial charge in [0.15, 0.2) is 0 Å². The highest BCUT2D eigenvalue weighted by atomic mass is 16.2. The van der Waals surface area contributed by atoms with Gasteiger partial charge in [-0.25, -0.2) is 9.69 Å². The average Bonchev–Trinajstić information content (AvgIpc) is 3.05. The van der Waals surface area contributed by atoms with Gasteiger partial charge in [-0.1, -0.05) is 35.9 Å². The number of fused-ring (bicyclic) bond motifs is 1. The summed E-state index contributed by atoms with van der Waals surface area (Å²) in [6, 6.07) is 13.2. The molecule has 1 saturated heterocycles. The van der Waals surface area contributed by atoms with E-state index in [1.807, 2.05) is 6.92 Å². The van der Waals surface area contributed by atoms with Crippen LogP contribution in [0.25, 0.3) is 17.0 Å². The van der Waals surface area contributed by atoms with Crippen molar-refractivity contribution in [1.29, 1.82) is 0 Å². The summed E-state index contributed by atoms with van der Waals surface area (Å²) in [6.07, 6.45) is 2.99. The predicted molar refractivity (Wildman–Crippen MR) is 108 cm³/mol. The van der Waals surface area contributed by atoms with E-state index in [2.05, 4.69) is 5.32 Å². The third-order valence-corrected chi connectivity index (χ3v) is 4.78. The molecule has 1 aliphatic heterocycles. The highest BCUT2D eigenvalue weighted by Crippen LogP contribution is 2.26. The number of imide groups is 2. The summed E-state index contributed by atoms with van der Waals surface area (Å²) in [6.45, 7) is 3.32. The molecular formula is C22H17N3O4. The van der Waals surface area contributed by atoms with Gasteiger partial charge < -0.3 is 0 Å². The molecule has 3 aromatic rings. The van der Waals surface area contributed by atoms with E-state index in [0.717, 1.165) is 15.8 Å². The zero-order chi connectivity index (χ0) is 20.7. The number of hydrogen-bond donors (Lipinski definition) is 1. The van der Waals surface area contributed by atoms with E-state index in [0.29, 0.717) is 16.8 Å². The average molecular weight is 387 g/mol. The molecule has 4 rings (SSSR count). The summed E-state index contributed by atoms with van der Waals surface area (Å²) in [5, 5.41) is 2.92. The lowest BCUT2D eigenvalue weighted by molar-refractivity contribution is -0.122. The molecule has 1 aromatic heterocycles. The lowest BCUT2D eigenvalue weighted by Crippen LogP contribution is -2.54. The van der Waals surface area contributed by atoms with Crippen LogP contribution in [0.5, 0.6) is 0 Å². The van der Waals surface area contributed by atoms with Crippen molar-refractivity contribution in [3.8, 4) is 0 Å². The van der Waals surface area contributed by atoms with Gasteiger partial charge in [0.05, 0.1) is 11.2 Å². The summed E-state index contributed by atoms with van der Waals surface area (Å²) < 4.78 is 1.45. The van der Waals surface area contributed by atoms with Crippen LogP contribution in [0.1, 0.15) is 22.8 Å². The zero-order valence-electron chi connectivity index (χ0n) is 15.8. The number of barbiturate groups is 1.